The summed E-state index contributed by atoms with van der Waals surface area (Å²) < 4.78 is 0. The van der Waals surface area contributed by atoms with Crippen LogP contribution in [0.2, 0.25) is 0 Å². The highest BCUT2D eigenvalue weighted by molar-refractivity contribution is 5.84. The van der Waals surface area contributed by atoms with E-state index in [2.05, 4.69) is 15.2 Å². The summed E-state index contributed by atoms with van der Waals surface area (Å²) in [6, 6.07) is 0. The van der Waals surface area contributed by atoms with Crippen molar-refractivity contribution in [1.82, 2.24) is 20.1 Å². The quantitative estimate of drug-likeness (QED) is 0.770. The van der Waals surface area contributed by atoms with E-state index in [0.717, 1.165) is 12.8 Å². The van der Waals surface area contributed by atoms with Gasteiger partial charge in [0, 0.05) is 19.0 Å². The molecule has 3 rings (SSSR count). The van der Waals surface area contributed by atoms with Crippen molar-refractivity contribution < 1.29 is 9.59 Å². The number of likely N-dealkylation sites (tertiary alicyclic amines) is 1. The van der Waals surface area contributed by atoms with Gasteiger partial charge in [-0.1, -0.05) is 0 Å². The van der Waals surface area contributed by atoms with Gasteiger partial charge in [-0.3, -0.25) is 14.7 Å². The van der Waals surface area contributed by atoms with Crippen LogP contribution in [0.25, 0.3) is 0 Å². The van der Waals surface area contributed by atoms with Crippen LogP contribution in [0.1, 0.15) is 30.4 Å². The number of nitrogens with one attached hydrogen (secondary N) is 1. The zero-order valence-corrected chi connectivity index (χ0v) is 10.8. The summed E-state index contributed by atoms with van der Waals surface area (Å²) >= 11 is 0. The third-order valence-corrected chi connectivity index (χ3v) is 3.87. The fourth-order valence-electron chi connectivity index (χ4n) is 2.65. The number of primary amides is 1. The topological polar surface area (TPSA) is 105 Å². The Bertz CT molecular complexity index is 522. The third-order valence-electron chi connectivity index (χ3n) is 3.87. The predicted octanol–water partition coefficient (Wildman–Crippen LogP) is -0.450. The van der Waals surface area contributed by atoms with Gasteiger partial charge in [-0.05, 0) is 19.8 Å². The van der Waals surface area contributed by atoms with Crippen LogP contribution in [0, 0.1) is 18.8 Å². The molecule has 102 valence electrons. The lowest BCUT2D eigenvalue weighted by atomic mass is 9.95. The molecule has 2 fully saturated rings. The average molecular weight is 263 g/mol. The molecule has 0 aromatic carbocycles. The van der Waals surface area contributed by atoms with Crippen LogP contribution in [0.15, 0.2) is 0 Å². The van der Waals surface area contributed by atoms with Crippen LogP contribution in [-0.2, 0) is 9.59 Å². The van der Waals surface area contributed by atoms with Gasteiger partial charge >= 0.3 is 0 Å². The van der Waals surface area contributed by atoms with Gasteiger partial charge < -0.3 is 10.6 Å². The molecule has 0 unspecified atom stereocenters. The maximum absolute atomic E-state index is 12.1. The van der Waals surface area contributed by atoms with E-state index in [1.165, 1.54) is 0 Å². The average Bonchev–Trinajstić information content (AvgIpc) is 2.96. The summed E-state index contributed by atoms with van der Waals surface area (Å²) in [4.78, 5) is 29.7. The summed E-state index contributed by atoms with van der Waals surface area (Å²) in [5, 5.41) is 6.87. The van der Waals surface area contributed by atoms with Crippen LogP contribution < -0.4 is 5.73 Å². The number of hydrogen-bond donors (Lipinski definition) is 2. The Kier molecular flexibility index (Phi) is 2.76. The number of aromatic nitrogens is 3. The molecule has 1 aromatic heterocycles. The molecule has 19 heavy (non-hydrogen) atoms. The highest BCUT2D eigenvalue weighted by atomic mass is 16.2. The van der Waals surface area contributed by atoms with E-state index in [0.29, 0.717) is 24.7 Å². The third kappa shape index (κ3) is 2.20. The van der Waals surface area contributed by atoms with Crippen molar-refractivity contribution in [3.63, 3.8) is 0 Å². The summed E-state index contributed by atoms with van der Waals surface area (Å²) in [7, 11) is 0. The Morgan fingerprint density at radius 1 is 1.37 bits per heavy atom. The summed E-state index contributed by atoms with van der Waals surface area (Å²) in [6.45, 7) is 2.68. The molecule has 2 amide bonds. The molecule has 1 aliphatic heterocycles. The van der Waals surface area contributed by atoms with Gasteiger partial charge in [-0.25, -0.2) is 4.98 Å². The number of nitrogens with zero attached hydrogens (tertiary/aromatic N) is 3. The summed E-state index contributed by atoms with van der Waals surface area (Å²) in [5.74, 6) is 0.598. The first kappa shape index (κ1) is 12.1. The number of hydrogen-bond acceptors (Lipinski definition) is 4. The lowest BCUT2D eigenvalue weighted by Crippen LogP contribution is -2.32. The van der Waals surface area contributed by atoms with Crippen LogP contribution in [0.3, 0.4) is 0 Å². The minimum atomic E-state index is -0.391. The van der Waals surface area contributed by atoms with Crippen LogP contribution >= 0.6 is 0 Å². The lowest BCUT2D eigenvalue weighted by molar-refractivity contribution is -0.131. The molecular weight excluding hydrogens is 246 g/mol. The van der Waals surface area contributed by atoms with Crippen LogP contribution in [-0.4, -0.2) is 45.0 Å². The molecular formula is C12H17N5O2. The van der Waals surface area contributed by atoms with E-state index in [4.69, 9.17) is 5.73 Å². The predicted molar refractivity (Wildman–Crippen MR) is 65.8 cm³/mol. The monoisotopic (exact) mass is 263 g/mol. The number of amides is 2. The van der Waals surface area contributed by atoms with E-state index in [9.17, 15) is 9.59 Å². The first-order valence-electron chi connectivity index (χ1n) is 6.53. The molecule has 1 aromatic rings. The van der Waals surface area contributed by atoms with Gasteiger partial charge in [0.25, 0.3) is 0 Å². The second-order valence-electron chi connectivity index (χ2n) is 5.41. The number of carbonyl (C=O) groups excluding carboxylic acids is 2. The molecule has 2 atom stereocenters. The number of H-pyrrole nitrogens is 1. The largest absolute Gasteiger partial charge is 0.369 e. The number of carbonyl (C=O) groups is 2. The summed E-state index contributed by atoms with van der Waals surface area (Å²) in [6.07, 6.45) is 1.92. The fraction of sp³-hybridized carbons (Fsp3) is 0.667. The van der Waals surface area contributed by atoms with Crippen molar-refractivity contribution in [2.75, 3.05) is 13.1 Å². The van der Waals surface area contributed by atoms with Crippen molar-refractivity contribution >= 4 is 11.8 Å². The van der Waals surface area contributed by atoms with Gasteiger partial charge in [0.05, 0.1) is 11.8 Å². The van der Waals surface area contributed by atoms with Gasteiger partial charge in [0.15, 0.2) is 5.82 Å². The molecule has 1 aliphatic carbocycles. The standard InChI is InChI=1S/C12H17N5O2/c1-6-14-11(16-15-6)9-5-17(4-8(9)10(13)18)12(19)7-2-3-7/h7-9H,2-5H2,1H3,(H2,13,18)(H,14,15,16)/t8-,9-/m1/s1. The molecule has 0 bridgehead atoms. The van der Waals surface area contributed by atoms with Crippen molar-refractivity contribution in [2.24, 2.45) is 17.6 Å². The maximum Gasteiger partial charge on any atom is 0.225 e. The Hall–Kier alpha value is -1.92. The van der Waals surface area contributed by atoms with Gasteiger partial charge in [-0.2, -0.15) is 5.10 Å². The molecule has 1 saturated heterocycles. The second-order valence-corrected chi connectivity index (χ2v) is 5.41. The van der Waals surface area contributed by atoms with Gasteiger partial charge in [0.1, 0.15) is 5.82 Å². The molecule has 7 heteroatoms. The number of nitrogens with two attached hydrogens (primary N) is 1. The first-order chi connectivity index (χ1) is 9.06. The number of rotatable bonds is 3. The molecule has 3 N–H and O–H groups in total. The molecule has 7 nitrogen and oxygen atoms in total. The van der Waals surface area contributed by atoms with Crippen LogP contribution in [0.4, 0.5) is 0 Å². The Balaban J connectivity index is 1.81. The van der Waals surface area contributed by atoms with E-state index in [1.54, 1.807) is 11.8 Å². The van der Waals surface area contributed by atoms with Gasteiger partial charge in [0.2, 0.25) is 11.8 Å². The number of aromatic amines is 1. The van der Waals surface area contributed by atoms with Gasteiger partial charge in [-0.15, -0.1) is 0 Å². The Morgan fingerprint density at radius 3 is 2.63 bits per heavy atom. The number of aryl methyl sites for hydroxylation is 1. The van der Waals surface area contributed by atoms with Crippen molar-refractivity contribution in [3.8, 4) is 0 Å². The minimum Gasteiger partial charge on any atom is -0.369 e. The molecule has 0 spiro atoms. The normalized spacial score (nSPS) is 26.7. The zero-order chi connectivity index (χ0) is 13.6. The molecule has 1 saturated carbocycles. The maximum atomic E-state index is 12.1. The van der Waals surface area contributed by atoms with E-state index in [1.807, 2.05) is 0 Å². The van der Waals surface area contributed by atoms with Crippen LogP contribution in [0.5, 0.6) is 0 Å². The van der Waals surface area contributed by atoms with Crippen molar-refractivity contribution in [3.05, 3.63) is 11.6 Å². The first-order valence-corrected chi connectivity index (χ1v) is 6.53. The van der Waals surface area contributed by atoms with E-state index < -0.39 is 11.8 Å². The Labute approximate surface area is 110 Å². The molecule has 2 aliphatic rings. The van der Waals surface area contributed by atoms with Crippen molar-refractivity contribution in [2.45, 2.75) is 25.7 Å². The molecule has 2 heterocycles. The summed E-state index contributed by atoms with van der Waals surface area (Å²) in [5.41, 5.74) is 5.44. The smallest absolute Gasteiger partial charge is 0.225 e. The lowest BCUT2D eigenvalue weighted by Gasteiger charge is -2.15. The van der Waals surface area contributed by atoms with Crippen molar-refractivity contribution in [1.29, 1.82) is 0 Å². The van der Waals surface area contributed by atoms with E-state index >= 15 is 0 Å². The minimum absolute atomic E-state index is 0.140. The highest BCUT2D eigenvalue weighted by Crippen LogP contribution is 2.36. The molecule has 0 radical (unpaired) electrons. The SMILES string of the molecule is Cc1nc([C@@H]2CN(C(=O)C3CC3)C[C@H]2C(N)=O)n[nH]1. The second kappa shape index (κ2) is 4.32. The fourth-order valence-corrected chi connectivity index (χ4v) is 2.65. The zero-order valence-electron chi connectivity index (χ0n) is 10.8. The van der Waals surface area contributed by atoms with E-state index in [-0.39, 0.29) is 17.7 Å². The Morgan fingerprint density at radius 2 is 2.11 bits per heavy atom. The highest BCUT2D eigenvalue weighted by Gasteiger charge is 2.44.